The molecule has 0 N–H and O–H groups in total. The van der Waals surface area contributed by atoms with E-state index in [2.05, 4.69) is 15.9 Å². The molecule has 0 aliphatic heterocycles. The number of hydrogen-bond donors (Lipinski definition) is 0. The number of pyridine rings is 1. The van der Waals surface area contributed by atoms with Crippen molar-refractivity contribution in [1.82, 2.24) is 4.57 Å². The van der Waals surface area contributed by atoms with Gasteiger partial charge < -0.3 is 4.57 Å². The van der Waals surface area contributed by atoms with Crippen molar-refractivity contribution in [3.8, 4) is 0 Å². The average Bonchev–Trinajstić information content (AvgIpc) is 2.27. The van der Waals surface area contributed by atoms with Crippen LogP contribution in [0.4, 0.5) is 8.78 Å². The lowest BCUT2D eigenvalue weighted by molar-refractivity contribution is 0.573. The van der Waals surface area contributed by atoms with Gasteiger partial charge in [0, 0.05) is 18.8 Å². The predicted octanol–water partition coefficient (Wildman–Crippen LogP) is 3.06. The van der Waals surface area contributed by atoms with Crippen molar-refractivity contribution >= 4 is 26.8 Å². The van der Waals surface area contributed by atoms with Gasteiger partial charge >= 0.3 is 0 Å². The van der Waals surface area contributed by atoms with E-state index in [-0.39, 0.29) is 20.8 Å². The van der Waals surface area contributed by atoms with Crippen LogP contribution in [0.15, 0.2) is 27.6 Å². The molecule has 16 heavy (non-hydrogen) atoms. The molecule has 0 spiro atoms. The molecule has 0 fully saturated rings. The first-order valence-corrected chi connectivity index (χ1v) is 5.52. The molecule has 0 unspecified atom stereocenters. The molecule has 1 heterocycles. The number of hydrogen-bond acceptors (Lipinski definition) is 1. The van der Waals surface area contributed by atoms with Gasteiger partial charge in [-0.1, -0.05) is 0 Å². The summed E-state index contributed by atoms with van der Waals surface area (Å²) in [5.74, 6) is -1.51. The molecule has 0 amide bonds. The van der Waals surface area contributed by atoms with Crippen LogP contribution in [0.2, 0.25) is 0 Å². The molecule has 0 saturated carbocycles. The quantitative estimate of drug-likeness (QED) is 0.739. The Balaban J connectivity index is 3.05. The van der Waals surface area contributed by atoms with E-state index in [1.807, 2.05) is 6.92 Å². The maximum Gasteiger partial charge on any atom is 0.189 e. The van der Waals surface area contributed by atoms with Gasteiger partial charge in [0.25, 0.3) is 0 Å². The fourth-order valence-corrected chi connectivity index (χ4v) is 1.94. The zero-order valence-corrected chi connectivity index (χ0v) is 10.0. The number of aryl methyl sites for hydroxylation is 1. The van der Waals surface area contributed by atoms with Gasteiger partial charge in [-0.05, 0) is 28.9 Å². The Bertz CT molecular complexity index is 621. The first kappa shape index (κ1) is 11.3. The Hall–Kier alpha value is -1.23. The summed E-state index contributed by atoms with van der Waals surface area (Å²) >= 11 is 2.82. The Labute approximate surface area is 98.6 Å². The van der Waals surface area contributed by atoms with E-state index in [4.69, 9.17) is 0 Å². The zero-order chi connectivity index (χ0) is 11.9. The van der Waals surface area contributed by atoms with Gasteiger partial charge in [0.1, 0.15) is 5.82 Å². The molecular formula is C11H8BrF2NO. The topological polar surface area (TPSA) is 22.0 Å². The van der Waals surface area contributed by atoms with E-state index < -0.39 is 11.6 Å². The molecular weight excluding hydrogens is 280 g/mol. The molecule has 1 aromatic carbocycles. The Morgan fingerprint density at radius 2 is 2.12 bits per heavy atom. The molecule has 5 heteroatoms. The molecule has 84 valence electrons. The molecule has 0 atom stereocenters. The maximum absolute atomic E-state index is 13.8. The van der Waals surface area contributed by atoms with Crippen LogP contribution in [-0.2, 0) is 6.54 Å². The van der Waals surface area contributed by atoms with Gasteiger partial charge in [0.05, 0.1) is 15.4 Å². The highest BCUT2D eigenvalue weighted by Crippen LogP contribution is 2.26. The number of rotatable bonds is 1. The first-order chi connectivity index (χ1) is 7.56. The van der Waals surface area contributed by atoms with Gasteiger partial charge in [0.2, 0.25) is 0 Å². The van der Waals surface area contributed by atoms with E-state index in [0.717, 1.165) is 6.07 Å². The first-order valence-electron chi connectivity index (χ1n) is 4.73. The van der Waals surface area contributed by atoms with Crippen molar-refractivity contribution < 1.29 is 8.78 Å². The third-order valence-electron chi connectivity index (χ3n) is 2.44. The van der Waals surface area contributed by atoms with Crippen LogP contribution in [0.5, 0.6) is 0 Å². The minimum atomic E-state index is -0.768. The smallest absolute Gasteiger partial charge is 0.189 e. The lowest BCUT2D eigenvalue weighted by Crippen LogP contribution is -2.09. The Kier molecular flexibility index (Phi) is 2.80. The SMILES string of the molecule is CCn1ccc(=O)c2cc(F)c(Br)c(F)c21. The predicted molar refractivity (Wildman–Crippen MR) is 61.5 cm³/mol. The molecule has 2 nitrogen and oxygen atoms in total. The van der Waals surface area contributed by atoms with Crippen LogP contribution in [-0.4, -0.2) is 4.57 Å². The van der Waals surface area contributed by atoms with E-state index in [9.17, 15) is 13.6 Å². The standard InChI is InChI=1S/C11H8BrF2NO/c1-2-15-4-3-8(16)6-5-7(13)9(12)10(14)11(6)15/h3-5H,2H2,1H3. The maximum atomic E-state index is 13.8. The molecule has 0 saturated heterocycles. The second kappa shape index (κ2) is 3.97. The van der Waals surface area contributed by atoms with E-state index in [0.29, 0.717) is 6.54 Å². The van der Waals surface area contributed by atoms with Crippen molar-refractivity contribution in [2.24, 2.45) is 0 Å². The van der Waals surface area contributed by atoms with Gasteiger partial charge in [-0.15, -0.1) is 0 Å². The number of aromatic nitrogens is 1. The van der Waals surface area contributed by atoms with E-state index in [1.54, 1.807) is 4.57 Å². The van der Waals surface area contributed by atoms with Crippen LogP contribution in [0, 0.1) is 11.6 Å². The summed E-state index contributed by atoms with van der Waals surface area (Å²) in [4.78, 5) is 11.5. The van der Waals surface area contributed by atoms with Crippen molar-refractivity contribution in [3.63, 3.8) is 0 Å². The summed E-state index contributed by atoms with van der Waals surface area (Å²) in [6.07, 6.45) is 1.50. The highest BCUT2D eigenvalue weighted by molar-refractivity contribution is 9.10. The molecule has 1 aromatic heterocycles. The fraction of sp³-hybridized carbons (Fsp3) is 0.182. The van der Waals surface area contributed by atoms with Crippen molar-refractivity contribution in [1.29, 1.82) is 0 Å². The van der Waals surface area contributed by atoms with Crippen LogP contribution in [0.3, 0.4) is 0 Å². The van der Waals surface area contributed by atoms with Crippen LogP contribution < -0.4 is 5.43 Å². The van der Waals surface area contributed by atoms with Gasteiger partial charge in [-0.25, -0.2) is 8.78 Å². The fourth-order valence-electron chi connectivity index (χ4n) is 1.64. The van der Waals surface area contributed by atoms with Crippen molar-refractivity contribution in [2.75, 3.05) is 0 Å². The number of benzene rings is 1. The highest BCUT2D eigenvalue weighted by atomic mass is 79.9. The van der Waals surface area contributed by atoms with E-state index >= 15 is 0 Å². The summed E-state index contributed by atoms with van der Waals surface area (Å²) in [7, 11) is 0. The molecule has 2 aromatic rings. The summed E-state index contributed by atoms with van der Waals surface area (Å²) in [5.41, 5.74) is -0.256. The molecule has 0 radical (unpaired) electrons. The highest BCUT2D eigenvalue weighted by Gasteiger charge is 2.15. The zero-order valence-electron chi connectivity index (χ0n) is 8.43. The number of nitrogens with zero attached hydrogens (tertiary/aromatic N) is 1. The summed E-state index contributed by atoms with van der Waals surface area (Å²) < 4.78 is 28.5. The monoisotopic (exact) mass is 287 g/mol. The molecule has 0 aliphatic carbocycles. The lowest BCUT2D eigenvalue weighted by Gasteiger charge is -2.10. The van der Waals surface area contributed by atoms with Crippen molar-refractivity contribution in [3.05, 3.63) is 44.7 Å². The summed E-state index contributed by atoms with van der Waals surface area (Å²) in [5, 5.41) is 0.0579. The van der Waals surface area contributed by atoms with Gasteiger partial charge in [0.15, 0.2) is 11.2 Å². The minimum Gasteiger partial charge on any atom is -0.345 e. The minimum absolute atomic E-state index is 0.0579. The second-order valence-corrected chi connectivity index (χ2v) is 4.14. The van der Waals surface area contributed by atoms with Gasteiger partial charge in [-0.2, -0.15) is 0 Å². The second-order valence-electron chi connectivity index (χ2n) is 3.35. The summed E-state index contributed by atoms with van der Waals surface area (Å²) in [6.45, 7) is 2.33. The number of halogens is 3. The summed E-state index contributed by atoms with van der Waals surface area (Å²) in [6, 6.07) is 2.36. The van der Waals surface area contributed by atoms with Gasteiger partial charge in [-0.3, -0.25) is 4.79 Å². The number of fused-ring (bicyclic) bond motifs is 1. The average molecular weight is 288 g/mol. The molecule has 0 aliphatic rings. The Morgan fingerprint density at radius 1 is 1.44 bits per heavy atom. The molecule has 0 bridgehead atoms. The normalized spacial score (nSPS) is 11.0. The van der Waals surface area contributed by atoms with Crippen LogP contribution in [0.1, 0.15) is 6.92 Å². The lowest BCUT2D eigenvalue weighted by atomic mass is 10.2. The third-order valence-corrected chi connectivity index (χ3v) is 3.16. The molecule has 2 rings (SSSR count). The van der Waals surface area contributed by atoms with E-state index in [1.165, 1.54) is 12.3 Å². The third kappa shape index (κ3) is 1.55. The largest absolute Gasteiger partial charge is 0.345 e. The van der Waals surface area contributed by atoms with Crippen molar-refractivity contribution in [2.45, 2.75) is 13.5 Å². The van der Waals surface area contributed by atoms with Crippen LogP contribution >= 0.6 is 15.9 Å². The Morgan fingerprint density at radius 3 is 2.75 bits per heavy atom. The van der Waals surface area contributed by atoms with Crippen LogP contribution in [0.25, 0.3) is 10.9 Å².